The molecule has 2 nitrogen and oxygen atoms in total. The summed E-state index contributed by atoms with van der Waals surface area (Å²) in [6.07, 6.45) is 10.1. The lowest BCUT2D eigenvalue weighted by atomic mass is 9.98. The molecule has 1 aliphatic heterocycles. The Kier molecular flexibility index (Phi) is 6.80. The van der Waals surface area contributed by atoms with Crippen LogP contribution in [0.2, 0.25) is 0 Å². The van der Waals surface area contributed by atoms with Crippen LogP contribution in [0.5, 0.6) is 0 Å². The Morgan fingerprint density at radius 1 is 0.500 bits per heavy atom. The second kappa shape index (κ2) is 11.8. The molecule has 7 aromatic carbocycles. The minimum absolute atomic E-state index is 0.226. The highest BCUT2D eigenvalue weighted by molar-refractivity contribution is 5.99. The predicted octanol–water partition coefficient (Wildman–Crippen LogP) is 12.8. The van der Waals surface area contributed by atoms with Crippen molar-refractivity contribution in [2.45, 2.75) is 25.3 Å². The lowest BCUT2D eigenvalue weighted by molar-refractivity contribution is 0.745. The van der Waals surface area contributed by atoms with Crippen LogP contribution >= 0.6 is 0 Å². The normalized spacial score (nSPS) is 15.6. The van der Waals surface area contributed by atoms with Gasteiger partial charge in [-0.15, -0.1) is 0 Å². The van der Waals surface area contributed by atoms with Gasteiger partial charge in [-0.25, -0.2) is 0 Å². The lowest BCUT2D eigenvalue weighted by Crippen LogP contribution is -2.19. The van der Waals surface area contributed by atoms with Crippen LogP contribution in [0.3, 0.4) is 0 Å². The maximum absolute atomic E-state index is 2.57. The molecule has 2 heteroatoms. The number of fused-ring (bicyclic) bond motifs is 4. The molecule has 0 N–H and O–H groups in total. The Balaban J connectivity index is 1.11. The third-order valence-corrected chi connectivity index (χ3v) is 10.7. The summed E-state index contributed by atoms with van der Waals surface area (Å²) >= 11 is 0. The third kappa shape index (κ3) is 4.71. The minimum atomic E-state index is 0.226. The molecular formula is C48H36N2. The Hall–Kier alpha value is -6.12. The average Bonchev–Trinajstić information content (AvgIpc) is 3.76. The molecule has 0 amide bonds. The van der Waals surface area contributed by atoms with Crippen molar-refractivity contribution in [3.63, 3.8) is 0 Å². The van der Waals surface area contributed by atoms with Crippen LogP contribution in [0.15, 0.2) is 176 Å². The van der Waals surface area contributed by atoms with Crippen LogP contribution in [-0.2, 0) is 6.42 Å². The highest BCUT2D eigenvalue weighted by Crippen LogP contribution is 2.48. The molecule has 1 unspecified atom stereocenters. The molecule has 10 rings (SSSR count). The number of aromatic nitrogens is 1. The van der Waals surface area contributed by atoms with Crippen molar-refractivity contribution in [1.82, 2.24) is 4.57 Å². The van der Waals surface area contributed by atoms with Crippen molar-refractivity contribution >= 4 is 49.4 Å². The fourth-order valence-electron chi connectivity index (χ4n) is 8.36. The van der Waals surface area contributed by atoms with Crippen LogP contribution in [0.1, 0.15) is 35.7 Å². The maximum Gasteiger partial charge on any atom is 0.0632 e. The summed E-state index contributed by atoms with van der Waals surface area (Å²) in [4.78, 5) is 2.57. The van der Waals surface area contributed by atoms with E-state index in [9.17, 15) is 0 Å². The summed E-state index contributed by atoms with van der Waals surface area (Å²) in [6, 6.07) is 58.6. The van der Waals surface area contributed by atoms with Crippen molar-refractivity contribution in [2.24, 2.45) is 0 Å². The van der Waals surface area contributed by atoms with Crippen LogP contribution < -0.4 is 4.90 Å². The van der Waals surface area contributed by atoms with Crippen LogP contribution in [0, 0.1) is 0 Å². The summed E-state index contributed by atoms with van der Waals surface area (Å²) in [5.74, 6) is 0. The largest absolute Gasteiger partial charge is 0.333 e. The number of hydrogen-bond donors (Lipinski definition) is 0. The number of benzene rings is 7. The first kappa shape index (κ1) is 28.9. The second-order valence-electron chi connectivity index (χ2n) is 13.6. The average molecular weight is 641 g/mol. The highest BCUT2D eigenvalue weighted by Gasteiger charge is 2.32. The summed E-state index contributed by atoms with van der Waals surface area (Å²) in [5.41, 5.74) is 12.8. The summed E-state index contributed by atoms with van der Waals surface area (Å²) in [5, 5.41) is 6.33. The molecule has 0 spiro atoms. The van der Waals surface area contributed by atoms with E-state index in [1.165, 1.54) is 83.0 Å². The van der Waals surface area contributed by atoms with E-state index in [2.05, 4.69) is 185 Å². The number of hydrogen-bond acceptors (Lipinski definition) is 1. The SMILES string of the molecule is C1=CC(c2cc3cc(-c4ccc5c(c4)CC(c4ccccc4)N5c4cccc5ccccc45)ccc3n2-c2cccc3ccccc23)=CCC1. The minimum Gasteiger partial charge on any atom is -0.333 e. The van der Waals surface area contributed by atoms with Gasteiger partial charge in [-0.1, -0.05) is 133 Å². The predicted molar refractivity (Wildman–Crippen MR) is 212 cm³/mol. The van der Waals surface area contributed by atoms with Gasteiger partial charge >= 0.3 is 0 Å². The standard InChI is InChI=1S/C48H36N2/c1-3-15-35(16-4-1)47-31-39-29-37(25-27-43(39)49(47)45-23-11-19-33-13-7-9-21-41(33)45)38-26-28-44-40(30-38)32-48(36-17-5-2-6-18-36)50(44)46-24-12-20-34-14-8-10-22-42(34)46/h1,3-5,7-30,32,47H,2,6,31H2. The third-order valence-electron chi connectivity index (χ3n) is 10.7. The van der Waals surface area contributed by atoms with E-state index in [-0.39, 0.29) is 6.04 Å². The van der Waals surface area contributed by atoms with E-state index in [0.29, 0.717) is 0 Å². The number of allylic oxidation sites excluding steroid dienone is 4. The fraction of sp³-hybridized carbons (Fsp3) is 0.0833. The zero-order valence-electron chi connectivity index (χ0n) is 27.8. The van der Waals surface area contributed by atoms with Gasteiger partial charge in [0.2, 0.25) is 0 Å². The zero-order valence-corrected chi connectivity index (χ0v) is 27.8. The van der Waals surface area contributed by atoms with Gasteiger partial charge in [-0.2, -0.15) is 0 Å². The summed E-state index contributed by atoms with van der Waals surface area (Å²) in [7, 11) is 0. The van der Waals surface area contributed by atoms with E-state index in [1.54, 1.807) is 0 Å². The number of anilines is 2. The topological polar surface area (TPSA) is 8.17 Å². The van der Waals surface area contributed by atoms with E-state index in [1.807, 2.05) is 0 Å². The van der Waals surface area contributed by atoms with Gasteiger partial charge in [0.1, 0.15) is 0 Å². The first-order valence-corrected chi connectivity index (χ1v) is 17.8. The maximum atomic E-state index is 2.57. The zero-order chi connectivity index (χ0) is 33.0. The highest BCUT2D eigenvalue weighted by atomic mass is 15.2. The van der Waals surface area contributed by atoms with Crippen LogP contribution in [0.4, 0.5) is 11.4 Å². The van der Waals surface area contributed by atoms with E-state index < -0.39 is 0 Å². The summed E-state index contributed by atoms with van der Waals surface area (Å²) < 4.78 is 2.47. The van der Waals surface area contributed by atoms with E-state index >= 15 is 0 Å². The van der Waals surface area contributed by atoms with E-state index in [0.717, 1.165) is 19.3 Å². The molecule has 1 aliphatic carbocycles. The first-order chi connectivity index (χ1) is 24.8. The Morgan fingerprint density at radius 2 is 1.18 bits per heavy atom. The molecule has 0 saturated carbocycles. The van der Waals surface area contributed by atoms with Gasteiger partial charge in [-0.05, 0) is 100 Å². The molecule has 0 saturated heterocycles. The molecular weight excluding hydrogens is 605 g/mol. The molecule has 0 radical (unpaired) electrons. The van der Waals surface area contributed by atoms with Crippen molar-refractivity contribution in [3.8, 4) is 16.8 Å². The first-order valence-electron chi connectivity index (χ1n) is 17.8. The van der Waals surface area contributed by atoms with Gasteiger partial charge in [-0.3, -0.25) is 0 Å². The fourth-order valence-corrected chi connectivity index (χ4v) is 8.36. The Bertz CT molecular complexity index is 2630. The van der Waals surface area contributed by atoms with Gasteiger partial charge in [0.25, 0.3) is 0 Å². The summed E-state index contributed by atoms with van der Waals surface area (Å²) in [6.45, 7) is 0. The number of nitrogens with zero attached hydrogens (tertiary/aromatic N) is 2. The number of rotatable bonds is 5. The second-order valence-corrected chi connectivity index (χ2v) is 13.6. The van der Waals surface area contributed by atoms with Crippen LogP contribution in [-0.4, -0.2) is 4.57 Å². The Labute approximate surface area is 292 Å². The molecule has 50 heavy (non-hydrogen) atoms. The molecule has 238 valence electrons. The lowest BCUT2D eigenvalue weighted by Gasteiger charge is -2.29. The van der Waals surface area contributed by atoms with Gasteiger partial charge in [0.05, 0.1) is 22.9 Å². The van der Waals surface area contributed by atoms with Crippen molar-refractivity contribution in [3.05, 3.63) is 193 Å². The molecule has 8 aromatic rings. The molecule has 0 fully saturated rings. The van der Waals surface area contributed by atoms with Crippen molar-refractivity contribution in [1.29, 1.82) is 0 Å². The monoisotopic (exact) mass is 640 g/mol. The van der Waals surface area contributed by atoms with Crippen molar-refractivity contribution in [2.75, 3.05) is 4.90 Å². The molecule has 2 aliphatic rings. The van der Waals surface area contributed by atoms with E-state index in [4.69, 9.17) is 0 Å². The Morgan fingerprint density at radius 3 is 1.96 bits per heavy atom. The smallest absolute Gasteiger partial charge is 0.0632 e. The van der Waals surface area contributed by atoms with Gasteiger partial charge < -0.3 is 9.47 Å². The molecule has 2 heterocycles. The molecule has 1 atom stereocenters. The van der Waals surface area contributed by atoms with Gasteiger partial charge in [0, 0.05) is 27.5 Å². The molecule has 1 aromatic heterocycles. The van der Waals surface area contributed by atoms with Crippen LogP contribution in [0.25, 0.3) is 54.8 Å². The molecule has 0 bridgehead atoms. The van der Waals surface area contributed by atoms with Crippen molar-refractivity contribution < 1.29 is 0 Å². The quantitative estimate of drug-likeness (QED) is 0.182. The van der Waals surface area contributed by atoms with Gasteiger partial charge in [0.15, 0.2) is 0 Å².